The Kier molecular flexibility index (Phi) is 5.25. The van der Waals surface area contributed by atoms with Crippen LogP contribution in [0.5, 0.6) is 17.4 Å². The van der Waals surface area contributed by atoms with Gasteiger partial charge >= 0.3 is 0 Å². The number of hydrogen-bond acceptors (Lipinski definition) is 8. The molecule has 8 heteroatoms. The molecule has 8 nitrogen and oxygen atoms in total. The van der Waals surface area contributed by atoms with Crippen LogP contribution in [-0.2, 0) is 11.2 Å². The minimum atomic E-state index is -0.214. The van der Waals surface area contributed by atoms with Gasteiger partial charge in [-0.25, -0.2) is 9.98 Å². The van der Waals surface area contributed by atoms with Crippen LogP contribution < -0.4 is 14.2 Å². The minimum Gasteiger partial charge on any atom is -0.495 e. The van der Waals surface area contributed by atoms with Crippen molar-refractivity contribution in [2.75, 3.05) is 33.5 Å². The molecule has 1 atom stereocenters. The number of ether oxygens (including phenoxy) is 4. The first-order valence-electron chi connectivity index (χ1n) is 11.3. The van der Waals surface area contributed by atoms with Gasteiger partial charge in [0, 0.05) is 36.1 Å². The second-order valence-electron chi connectivity index (χ2n) is 8.33. The molecular weight excluding hydrogens is 432 g/mol. The van der Waals surface area contributed by atoms with Crippen molar-refractivity contribution in [3.05, 3.63) is 72.2 Å². The van der Waals surface area contributed by atoms with E-state index in [-0.39, 0.29) is 6.10 Å². The first-order chi connectivity index (χ1) is 16.8. The van der Waals surface area contributed by atoms with Crippen molar-refractivity contribution in [1.82, 2.24) is 14.9 Å². The van der Waals surface area contributed by atoms with E-state index in [9.17, 15) is 0 Å². The molecule has 1 unspecified atom stereocenters. The monoisotopic (exact) mass is 456 g/mol. The topological polar surface area (TPSA) is 78.3 Å². The SMILES string of the molecule is COc1cncc(-c2ccc3c(c2)CCN2CN=C(OCC4COc5ncccc5O4)C=C32)c1. The van der Waals surface area contributed by atoms with Gasteiger partial charge in [0.15, 0.2) is 11.9 Å². The molecule has 3 aliphatic heterocycles. The average Bonchev–Trinajstić information content (AvgIpc) is 2.91. The smallest absolute Gasteiger partial charge is 0.257 e. The van der Waals surface area contributed by atoms with Gasteiger partial charge < -0.3 is 23.8 Å². The predicted octanol–water partition coefficient (Wildman–Crippen LogP) is 3.58. The van der Waals surface area contributed by atoms with E-state index in [0.29, 0.717) is 37.4 Å². The van der Waals surface area contributed by atoms with Crippen LogP contribution in [0.3, 0.4) is 0 Å². The van der Waals surface area contributed by atoms with E-state index in [1.54, 1.807) is 19.5 Å². The molecule has 0 amide bonds. The Morgan fingerprint density at radius 3 is 3.06 bits per heavy atom. The number of methoxy groups -OCH3 is 1. The maximum atomic E-state index is 6.02. The fourth-order valence-electron chi connectivity index (χ4n) is 4.41. The summed E-state index contributed by atoms with van der Waals surface area (Å²) < 4.78 is 23.0. The zero-order valence-electron chi connectivity index (χ0n) is 18.8. The predicted molar refractivity (Wildman–Crippen MR) is 127 cm³/mol. The molecule has 0 bridgehead atoms. The van der Waals surface area contributed by atoms with Gasteiger partial charge in [-0.3, -0.25) is 4.98 Å². The van der Waals surface area contributed by atoms with Crippen molar-refractivity contribution in [3.8, 4) is 28.5 Å². The van der Waals surface area contributed by atoms with Crippen LogP contribution in [0.4, 0.5) is 0 Å². The van der Waals surface area contributed by atoms with Gasteiger partial charge in [0.2, 0.25) is 5.90 Å². The van der Waals surface area contributed by atoms with Crippen LogP contribution in [0, 0.1) is 0 Å². The van der Waals surface area contributed by atoms with E-state index in [1.807, 2.05) is 30.5 Å². The number of fused-ring (bicyclic) bond motifs is 4. The average molecular weight is 457 g/mol. The summed E-state index contributed by atoms with van der Waals surface area (Å²) in [5.74, 6) is 2.53. The normalized spacial score (nSPS) is 18.3. The molecule has 3 aromatic rings. The Bertz CT molecular complexity index is 1290. The quantitative estimate of drug-likeness (QED) is 0.594. The second-order valence-corrected chi connectivity index (χ2v) is 8.33. The van der Waals surface area contributed by atoms with Crippen LogP contribution in [0.2, 0.25) is 0 Å². The van der Waals surface area contributed by atoms with Crippen LogP contribution in [0.1, 0.15) is 11.1 Å². The zero-order chi connectivity index (χ0) is 22.9. The van der Waals surface area contributed by atoms with Crippen molar-refractivity contribution in [2.24, 2.45) is 4.99 Å². The highest BCUT2D eigenvalue weighted by Crippen LogP contribution is 2.34. The Morgan fingerprint density at radius 2 is 2.12 bits per heavy atom. The lowest BCUT2D eigenvalue weighted by atomic mass is 9.92. The lowest BCUT2D eigenvalue weighted by molar-refractivity contribution is 0.0466. The number of nitrogens with zero attached hydrogens (tertiary/aromatic N) is 4. The van der Waals surface area contributed by atoms with Crippen molar-refractivity contribution >= 4 is 11.6 Å². The molecule has 6 rings (SSSR count). The molecule has 0 saturated heterocycles. The molecule has 0 radical (unpaired) electrons. The molecule has 0 N–H and O–H groups in total. The Morgan fingerprint density at radius 1 is 1.15 bits per heavy atom. The summed E-state index contributed by atoms with van der Waals surface area (Å²) in [7, 11) is 1.66. The maximum absolute atomic E-state index is 6.02. The zero-order valence-corrected chi connectivity index (χ0v) is 18.8. The highest BCUT2D eigenvalue weighted by atomic mass is 16.6. The first-order valence-corrected chi connectivity index (χ1v) is 11.3. The van der Waals surface area contributed by atoms with Gasteiger partial charge in [0.05, 0.1) is 19.0 Å². The summed E-state index contributed by atoms with van der Waals surface area (Å²) in [5.41, 5.74) is 5.82. The van der Waals surface area contributed by atoms with E-state index < -0.39 is 0 Å². The lowest BCUT2D eigenvalue weighted by Crippen LogP contribution is -2.36. The van der Waals surface area contributed by atoms with Gasteiger partial charge in [0.1, 0.15) is 25.6 Å². The number of aliphatic imine (C=N–C) groups is 1. The van der Waals surface area contributed by atoms with E-state index in [2.05, 4.69) is 38.1 Å². The largest absolute Gasteiger partial charge is 0.495 e. The van der Waals surface area contributed by atoms with Crippen molar-refractivity contribution in [2.45, 2.75) is 12.5 Å². The highest BCUT2D eigenvalue weighted by Gasteiger charge is 2.26. The lowest BCUT2D eigenvalue weighted by Gasteiger charge is -2.35. The Balaban J connectivity index is 1.18. The van der Waals surface area contributed by atoms with E-state index in [0.717, 1.165) is 35.5 Å². The summed E-state index contributed by atoms with van der Waals surface area (Å²) in [6, 6.07) is 12.2. The van der Waals surface area contributed by atoms with Crippen molar-refractivity contribution in [3.63, 3.8) is 0 Å². The molecule has 34 heavy (non-hydrogen) atoms. The minimum absolute atomic E-state index is 0.214. The fraction of sp³-hybridized carbons (Fsp3) is 0.269. The van der Waals surface area contributed by atoms with Gasteiger partial charge in [-0.2, -0.15) is 0 Å². The molecule has 3 aliphatic rings. The number of benzene rings is 1. The molecule has 2 aromatic heterocycles. The summed E-state index contributed by atoms with van der Waals surface area (Å²) >= 11 is 0. The highest BCUT2D eigenvalue weighted by molar-refractivity contribution is 5.97. The van der Waals surface area contributed by atoms with Crippen LogP contribution in [0.15, 0.2) is 66.1 Å². The number of hydrogen-bond donors (Lipinski definition) is 0. The summed E-state index contributed by atoms with van der Waals surface area (Å²) in [6.45, 7) is 2.24. The molecule has 0 aliphatic carbocycles. The molecule has 1 aromatic carbocycles. The van der Waals surface area contributed by atoms with Crippen LogP contribution >= 0.6 is 0 Å². The second kappa shape index (κ2) is 8.70. The van der Waals surface area contributed by atoms with Crippen LogP contribution in [-0.4, -0.2) is 60.4 Å². The summed E-state index contributed by atoms with van der Waals surface area (Å²) in [6.07, 6.45) is 8.04. The summed E-state index contributed by atoms with van der Waals surface area (Å²) in [4.78, 5) is 15.4. The van der Waals surface area contributed by atoms with E-state index in [4.69, 9.17) is 18.9 Å². The fourth-order valence-corrected chi connectivity index (χ4v) is 4.41. The number of pyridine rings is 2. The Labute approximate surface area is 197 Å². The molecule has 0 fully saturated rings. The third-order valence-electron chi connectivity index (χ3n) is 6.17. The third-order valence-corrected chi connectivity index (χ3v) is 6.17. The van der Waals surface area contributed by atoms with Gasteiger partial charge in [-0.15, -0.1) is 0 Å². The first kappa shape index (κ1) is 20.5. The Hall–Kier alpha value is -4.07. The van der Waals surface area contributed by atoms with Crippen molar-refractivity contribution < 1.29 is 18.9 Å². The number of rotatable bonds is 4. The number of aromatic nitrogens is 2. The maximum Gasteiger partial charge on any atom is 0.257 e. The van der Waals surface area contributed by atoms with Gasteiger partial charge in [0.25, 0.3) is 5.88 Å². The molecule has 0 spiro atoms. The molecular formula is C26H24N4O4. The van der Waals surface area contributed by atoms with Crippen LogP contribution in [0.25, 0.3) is 16.8 Å². The van der Waals surface area contributed by atoms with Gasteiger partial charge in [-0.1, -0.05) is 18.2 Å². The third kappa shape index (κ3) is 3.91. The van der Waals surface area contributed by atoms with Gasteiger partial charge in [-0.05, 0) is 35.7 Å². The standard InChI is InChI=1S/C26H24N4O4/c1-31-20-10-19(12-27-13-20)17-4-5-22-18(9-17)6-8-30-16-29-25(11-23(22)30)32-14-21-15-33-26-24(34-21)3-2-7-28-26/h2-5,7,9-13,21H,6,8,14-16H2,1H3. The molecule has 172 valence electrons. The molecule has 0 saturated carbocycles. The van der Waals surface area contributed by atoms with E-state index in [1.165, 1.54) is 11.1 Å². The molecule has 5 heterocycles. The summed E-state index contributed by atoms with van der Waals surface area (Å²) in [5, 5.41) is 0. The van der Waals surface area contributed by atoms with E-state index >= 15 is 0 Å². The van der Waals surface area contributed by atoms with Crippen molar-refractivity contribution in [1.29, 1.82) is 0 Å².